The van der Waals surface area contributed by atoms with Crippen molar-refractivity contribution in [2.75, 3.05) is 33.9 Å². The van der Waals surface area contributed by atoms with Crippen LogP contribution < -0.4 is 14.8 Å². The minimum absolute atomic E-state index is 0.0380. The zero-order chi connectivity index (χ0) is 34.1. The molecule has 6 heteroatoms. The summed E-state index contributed by atoms with van der Waals surface area (Å²) < 4.78 is 24.7. The third-order valence-corrected chi connectivity index (χ3v) is 11.0. The van der Waals surface area contributed by atoms with Gasteiger partial charge in [0.25, 0.3) is 0 Å². The SMILES string of the molecule is COc1cc2c(cc1OC)C(C1CCC1)N(CCCC(CCCNC(=O)CCc1ccc(F)cc1)(c1ccccc1)c1ccccc1)CC2. The smallest absolute Gasteiger partial charge is 0.220 e. The molecule has 258 valence electrons. The fourth-order valence-corrected chi connectivity index (χ4v) is 8.17. The second kappa shape index (κ2) is 16.5. The van der Waals surface area contributed by atoms with Gasteiger partial charge in [-0.05, 0) is 116 Å². The number of benzene rings is 4. The Morgan fingerprint density at radius 1 is 0.857 bits per heavy atom. The van der Waals surface area contributed by atoms with Gasteiger partial charge in [-0.1, -0.05) is 79.2 Å². The predicted octanol–water partition coefficient (Wildman–Crippen LogP) is 8.84. The lowest BCUT2D eigenvalue weighted by Crippen LogP contribution is -2.42. The molecule has 1 unspecified atom stereocenters. The Morgan fingerprint density at radius 2 is 1.49 bits per heavy atom. The maximum Gasteiger partial charge on any atom is 0.220 e. The number of nitrogens with zero attached hydrogens (tertiary/aromatic N) is 1. The second-order valence-electron chi connectivity index (χ2n) is 13.8. The number of amides is 1. The Bertz CT molecular complexity index is 1600. The highest BCUT2D eigenvalue weighted by Gasteiger charge is 2.38. The Labute approximate surface area is 291 Å². The van der Waals surface area contributed by atoms with Crippen LogP contribution in [0.2, 0.25) is 0 Å². The summed E-state index contributed by atoms with van der Waals surface area (Å²) in [5.74, 6) is 2.10. The van der Waals surface area contributed by atoms with Crippen LogP contribution in [0.1, 0.15) is 85.2 Å². The van der Waals surface area contributed by atoms with Gasteiger partial charge < -0.3 is 14.8 Å². The molecule has 0 bridgehead atoms. The first-order chi connectivity index (χ1) is 24.0. The van der Waals surface area contributed by atoms with Gasteiger partial charge in [-0.2, -0.15) is 0 Å². The largest absolute Gasteiger partial charge is 0.493 e. The minimum atomic E-state index is -0.255. The van der Waals surface area contributed by atoms with Gasteiger partial charge in [0.2, 0.25) is 5.91 Å². The van der Waals surface area contributed by atoms with Gasteiger partial charge >= 0.3 is 0 Å². The molecular formula is C43H51FN2O3. The molecule has 4 aromatic rings. The van der Waals surface area contributed by atoms with E-state index in [0.717, 1.165) is 62.3 Å². The van der Waals surface area contributed by atoms with Gasteiger partial charge in [0.05, 0.1) is 14.2 Å². The maximum absolute atomic E-state index is 13.3. The topological polar surface area (TPSA) is 50.8 Å². The fourth-order valence-electron chi connectivity index (χ4n) is 8.17. The molecule has 0 saturated heterocycles. The van der Waals surface area contributed by atoms with Crippen LogP contribution in [0.5, 0.6) is 11.5 Å². The van der Waals surface area contributed by atoms with E-state index in [9.17, 15) is 9.18 Å². The summed E-state index contributed by atoms with van der Waals surface area (Å²) in [6.07, 6.45) is 9.78. The van der Waals surface area contributed by atoms with Crippen LogP contribution in [0.4, 0.5) is 4.39 Å². The number of ether oxygens (including phenoxy) is 2. The van der Waals surface area contributed by atoms with E-state index in [2.05, 4.69) is 83.0 Å². The predicted molar refractivity (Wildman–Crippen MR) is 195 cm³/mol. The number of carbonyl (C=O) groups excluding carboxylic acids is 1. The normalized spacial score (nSPS) is 16.4. The van der Waals surface area contributed by atoms with E-state index in [1.54, 1.807) is 26.4 Å². The summed E-state index contributed by atoms with van der Waals surface area (Å²) in [6.45, 7) is 2.72. The fraction of sp³-hybridized carbons (Fsp3) is 0.419. The molecule has 1 atom stereocenters. The zero-order valence-electron chi connectivity index (χ0n) is 29.1. The first-order valence-corrected chi connectivity index (χ1v) is 18.1. The van der Waals surface area contributed by atoms with Crippen LogP contribution in [-0.2, 0) is 23.1 Å². The first-order valence-electron chi connectivity index (χ1n) is 18.1. The van der Waals surface area contributed by atoms with E-state index in [4.69, 9.17) is 9.47 Å². The Morgan fingerprint density at radius 3 is 2.10 bits per heavy atom. The van der Waals surface area contributed by atoms with Crippen LogP contribution in [0.25, 0.3) is 0 Å². The van der Waals surface area contributed by atoms with Crippen molar-refractivity contribution in [1.82, 2.24) is 10.2 Å². The highest BCUT2D eigenvalue weighted by molar-refractivity contribution is 5.76. The lowest BCUT2D eigenvalue weighted by atomic mass is 9.68. The van der Waals surface area contributed by atoms with Gasteiger partial charge in [0.15, 0.2) is 11.5 Å². The van der Waals surface area contributed by atoms with Crippen molar-refractivity contribution in [3.8, 4) is 11.5 Å². The first kappa shape index (κ1) is 34.7. The molecule has 0 spiro atoms. The third kappa shape index (κ3) is 8.18. The number of carbonyl (C=O) groups is 1. The number of hydrogen-bond donors (Lipinski definition) is 1. The van der Waals surface area contributed by atoms with Gasteiger partial charge in [-0.3, -0.25) is 9.69 Å². The molecular weight excluding hydrogens is 611 g/mol. The van der Waals surface area contributed by atoms with E-state index in [0.29, 0.717) is 31.3 Å². The summed E-state index contributed by atoms with van der Waals surface area (Å²) in [7, 11) is 3.45. The molecule has 1 saturated carbocycles. The summed E-state index contributed by atoms with van der Waals surface area (Å²) in [4.78, 5) is 15.5. The molecule has 1 aliphatic carbocycles. The summed E-state index contributed by atoms with van der Waals surface area (Å²) in [5.41, 5.74) is 6.28. The average molecular weight is 663 g/mol. The van der Waals surface area contributed by atoms with Crippen molar-refractivity contribution in [3.63, 3.8) is 0 Å². The van der Waals surface area contributed by atoms with Gasteiger partial charge in [0.1, 0.15) is 5.82 Å². The average Bonchev–Trinajstić information content (AvgIpc) is 3.12. The van der Waals surface area contributed by atoms with Crippen LogP contribution in [0.3, 0.4) is 0 Å². The lowest BCUT2D eigenvalue weighted by Gasteiger charge is -2.46. The van der Waals surface area contributed by atoms with Gasteiger partial charge in [-0.15, -0.1) is 0 Å². The molecule has 4 aromatic carbocycles. The monoisotopic (exact) mass is 662 g/mol. The Balaban J connectivity index is 1.17. The highest BCUT2D eigenvalue weighted by Crippen LogP contribution is 2.48. The standard InChI is InChI=1S/C43H51FN2O3/c1-48-39-30-34-24-29-46(42(33-12-9-13-33)38(34)31-40(39)49-2)28-11-26-43(35-14-5-3-6-15-35,36-16-7-4-8-17-36)25-10-27-45-41(47)23-20-32-18-21-37(44)22-19-32/h3-8,14-19,21-22,30-31,33,42H,9-13,20,23-29H2,1-2H3,(H,45,47). The van der Waals surface area contributed by atoms with E-state index in [-0.39, 0.29) is 17.1 Å². The van der Waals surface area contributed by atoms with Crippen molar-refractivity contribution in [2.45, 2.75) is 75.7 Å². The molecule has 2 aliphatic rings. The quantitative estimate of drug-likeness (QED) is 0.122. The number of fused-ring (bicyclic) bond motifs is 1. The molecule has 5 nitrogen and oxygen atoms in total. The van der Waals surface area contributed by atoms with Crippen LogP contribution in [0.15, 0.2) is 97.1 Å². The van der Waals surface area contributed by atoms with Gasteiger partial charge in [0, 0.05) is 31.0 Å². The molecule has 0 aromatic heterocycles. The maximum atomic E-state index is 13.3. The number of halogens is 1. The number of nitrogens with one attached hydrogen (secondary N) is 1. The summed E-state index contributed by atoms with van der Waals surface area (Å²) >= 11 is 0. The molecule has 1 amide bonds. The second-order valence-corrected chi connectivity index (χ2v) is 13.8. The molecule has 1 N–H and O–H groups in total. The molecule has 1 aliphatic heterocycles. The van der Waals surface area contributed by atoms with Crippen molar-refractivity contribution in [3.05, 3.63) is 131 Å². The highest BCUT2D eigenvalue weighted by atomic mass is 19.1. The summed E-state index contributed by atoms with van der Waals surface area (Å²) in [6, 6.07) is 33.2. The Kier molecular flexibility index (Phi) is 11.7. The number of hydrogen-bond acceptors (Lipinski definition) is 4. The molecule has 1 fully saturated rings. The lowest BCUT2D eigenvalue weighted by molar-refractivity contribution is -0.121. The van der Waals surface area contributed by atoms with Crippen LogP contribution in [0, 0.1) is 11.7 Å². The third-order valence-electron chi connectivity index (χ3n) is 11.0. The van der Waals surface area contributed by atoms with Crippen molar-refractivity contribution in [1.29, 1.82) is 0 Å². The van der Waals surface area contributed by atoms with Crippen molar-refractivity contribution in [2.24, 2.45) is 5.92 Å². The Hall–Kier alpha value is -4.16. The number of methoxy groups -OCH3 is 2. The number of rotatable bonds is 16. The van der Waals surface area contributed by atoms with Gasteiger partial charge in [-0.25, -0.2) is 4.39 Å². The molecule has 49 heavy (non-hydrogen) atoms. The number of aryl methyl sites for hydroxylation is 1. The van der Waals surface area contributed by atoms with E-state index >= 15 is 0 Å². The van der Waals surface area contributed by atoms with Crippen molar-refractivity contribution < 1.29 is 18.7 Å². The summed E-state index contributed by atoms with van der Waals surface area (Å²) in [5, 5.41) is 3.17. The van der Waals surface area contributed by atoms with Crippen molar-refractivity contribution >= 4 is 5.91 Å². The molecule has 0 radical (unpaired) electrons. The molecule has 1 heterocycles. The molecule has 6 rings (SSSR count). The van der Waals surface area contributed by atoms with E-state index in [1.165, 1.54) is 53.6 Å². The van der Waals surface area contributed by atoms with Crippen LogP contribution >= 0.6 is 0 Å². The zero-order valence-corrected chi connectivity index (χ0v) is 29.1. The van der Waals surface area contributed by atoms with Crippen LogP contribution in [-0.4, -0.2) is 44.7 Å². The van der Waals surface area contributed by atoms with E-state index in [1.807, 2.05) is 0 Å². The van der Waals surface area contributed by atoms with E-state index < -0.39 is 0 Å². The minimum Gasteiger partial charge on any atom is -0.493 e.